The average Bonchev–Trinajstić information content (AvgIpc) is 2.92. The lowest BCUT2D eigenvalue weighted by atomic mass is 9.80. The Labute approximate surface area is 226 Å². The monoisotopic (exact) mass is 528 g/mol. The van der Waals surface area contributed by atoms with Crippen molar-refractivity contribution >= 4 is 18.3 Å². The second-order valence-corrected chi connectivity index (χ2v) is 10.9. The molecule has 0 aromatic heterocycles. The molecule has 0 bridgehead atoms. The van der Waals surface area contributed by atoms with Crippen molar-refractivity contribution in [3.05, 3.63) is 0 Å². The van der Waals surface area contributed by atoms with Gasteiger partial charge in [-0.1, -0.05) is 13.8 Å². The maximum Gasteiger partial charge on any atom is 0.409 e. The number of carbonyl (C=O) groups is 3. The SMILES string of the molecule is CCC(C)N(CC)CC1CCC(C(=O)O)CC1.CO.COC(=O)N(CC1CCC(CC=O)CC1)C(C)C. The minimum Gasteiger partial charge on any atom is -0.481 e. The van der Waals surface area contributed by atoms with Gasteiger partial charge >= 0.3 is 12.1 Å². The summed E-state index contributed by atoms with van der Waals surface area (Å²) in [5.74, 6) is 1.14. The molecule has 218 valence electrons. The molecule has 2 N–H and O–H groups in total. The molecule has 0 saturated heterocycles. The minimum atomic E-state index is -0.599. The minimum absolute atomic E-state index is 0.0788. The van der Waals surface area contributed by atoms with Crippen molar-refractivity contribution in [1.82, 2.24) is 9.80 Å². The molecule has 2 rings (SSSR count). The first-order chi connectivity index (χ1) is 17.7. The molecule has 0 aliphatic heterocycles. The number of carboxylic acids is 1. The van der Waals surface area contributed by atoms with Crippen LogP contribution in [0.1, 0.15) is 98.8 Å². The number of carbonyl (C=O) groups excluding carboxylic acids is 2. The van der Waals surface area contributed by atoms with E-state index in [0.717, 1.165) is 84.4 Å². The van der Waals surface area contributed by atoms with Crippen molar-refractivity contribution in [3.8, 4) is 0 Å². The van der Waals surface area contributed by atoms with E-state index >= 15 is 0 Å². The summed E-state index contributed by atoms with van der Waals surface area (Å²) in [5.41, 5.74) is 0. The van der Waals surface area contributed by atoms with E-state index in [9.17, 15) is 14.4 Å². The summed E-state index contributed by atoms with van der Waals surface area (Å²) < 4.78 is 4.82. The molecule has 0 radical (unpaired) electrons. The first-order valence-corrected chi connectivity index (χ1v) is 14.4. The summed E-state index contributed by atoms with van der Waals surface area (Å²) in [5, 5.41) is 16.0. The van der Waals surface area contributed by atoms with Gasteiger partial charge in [0.2, 0.25) is 0 Å². The third-order valence-corrected chi connectivity index (χ3v) is 8.19. The molecule has 8 nitrogen and oxygen atoms in total. The van der Waals surface area contributed by atoms with Gasteiger partial charge in [-0.15, -0.1) is 0 Å². The number of nitrogens with zero attached hydrogens (tertiary/aromatic N) is 2. The van der Waals surface area contributed by atoms with E-state index in [1.807, 2.05) is 13.8 Å². The van der Waals surface area contributed by atoms with E-state index in [0.29, 0.717) is 30.2 Å². The number of aldehydes is 1. The Hall–Kier alpha value is -1.67. The fourth-order valence-electron chi connectivity index (χ4n) is 5.48. The number of methoxy groups -OCH3 is 1. The Kier molecular flexibility index (Phi) is 19.4. The summed E-state index contributed by atoms with van der Waals surface area (Å²) in [4.78, 5) is 37.3. The number of amides is 1. The molecular formula is C29H56N2O6. The molecule has 0 spiro atoms. The summed E-state index contributed by atoms with van der Waals surface area (Å²) in [6.45, 7) is 13.8. The summed E-state index contributed by atoms with van der Waals surface area (Å²) >= 11 is 0. The normalized spacial score (nSPS) is 24.2. The largest absolute Gasteiger partial charge is 0.481 e. The molecule has 1 amide bonds. The van der Waals surface area contributed by atoms with Gasteiger partial charge in [0.1, 0.15) is 6.29 Å². The highest BCUT2D eigenvalue weighted by molar-refractivity contribution is 5.70. The summed E-state index contributed by atoms with van der Waals surface area (Å²) in [6.07, 6.45) is 11.0. The van der Waals surface area contributed by atoms with E-state index in [1.54, 1.807) is 4.90 Å². The Bertz CT molecular complexity index is 614. The number of carboxylic acid groups (broad SMARTS) is 1. The number of rotatable bonds is 11. The zero-order chi connectivity index (χ0) is 28.4. The fourth-order valence-corrected chi connectivity index (χ4v) is 5.48. The van der Waals surface area contributed by atoms with Gasteiger partial charge in [0.15, 0.2) is 0 Å². The predicted octanol–water partition coefficient (Wildman–Crippen LogP) is 5.46. The van der Waals surface area contributed by atoms with Crippen molar-refractivity contribution in [2.45, 2.75) is 111 Å². The number of hydrogen-bond donors (Lipinski definition) is 2. The highest BCUT2D eigenvalue weighted by Crippen LogP contribution is 2.31. The number of ether oxygens (including phenoxy) is 1. The van der Waals surface area contributed by atoms with Gasteiger partial charge in [0, 0.05) is 38.7 Å². The highest BCUT2D eigenvalue weighted by Gasteiger charge is 2.28. The van der Waals surface area contributed by atoms with Gasteiger partial charge in [-0.05, 0) is 103 Å². The van der Waals surface area contributed by atoms with Crippen LogP contribution < -0.4 is 0 Å². The Morgan fingerprint density at radius 1 is 0.892 bits per heavy atom. The molecule has 8 heteroatoms. The smallest absolute Gasteiger partial charge is 0.409 e. The van der Waals surface area contributed by atoms with Crippen molar-refractivity contribution in [1.29, 1.82) is 0 Å². The lowest BCUT2D eigenvalue weighted by molar-refractivity contribution is -0.143. The average molecular weight is 529 g/mol. The molecule has 0 aromatic rings. The van der Waals surface area contributed by atoms with Gasteiger partial charge in [0.05, 0.1) is 13.0 Å². The second-order valence-electron chi connectivity index (χ2n) is 10.9. The molecular weight excluding hydrogens is 472 g/mol. The van der Waals surface area contributed by atoms with Crippen LogP contribution in [0.15, 0.2) is 0 Å². The van der Waals surface area contributed by atoms with Gasteiger partial charge in [-0.3, -0.25) is 4.79 Å². The maximum absolute atomic E-state index is 11.7. The van der Waals surface area contributed by atoms with Gasteiger partial charge in [-0.25, -0.2) is 4.79 Å². The van der Waals surface area contributed by atoms with E-state index in [2.05, 4.69) is 25.7 Å². The molecule has 1 unspecified atom stereocenters. The van der Waals surface area contributed by atoms with Crippen LogP contribution in [0.3, 0.4) is 0 Å². The number of aliphatic hydroxyl groups is 1. The van der Waals surface area contributed by atoms with Crippen LogP contribution in [-0.2, 0) is 14.3 Å². The first-order valence-electron chi connectivity index (χ1n) is 14.4. The van der Waals surface area contributed by atoms with E-state index in [4.69, 9.17) is 14.9 Å². The molecule has 0 aromatic carbocycles. The third-order valence-electron chi connectivity index (χ3n) is 8.19. The number of hydrogen-bond acceptors (Lipinski definition) is 6. The van der Waals surface area contributed by atoms with Crippen molar-refractivity contribution in [2.24, 2.45) is 23.7 Å². The van der Waals surface area contributed by atoms with Crippen LogP contribution in [0.2, 0.25) is 0 Å². The van der Waals surface area contributed by atoms with Crippen molar-refractivity contribution in [3.63, 3.8) is 0 Å². The lowest BCUT2D eigenvalue weighted by Gasteiger charge is -2.34. The Morgan fingerprint density at radius 3 is 1.78 bits per heavy atom. The highest BCUT2D eigenvalue weighted by atomic mass is 16.5. The van der Waals surface area contributed by atoms with Crippen LogP contribution in [0, 0.1) is 23.7 Å². The molecule has 0 heterocycles. The zero-order valence-corrected chi connectivity index (χ0v) is 24.7. The predicted molar refractivity (Wildman–Crippen MR) is 149 cm³/mol. The molecule has 1 atom stereocenters. The van der Waals surface area contributed by atoms with Gasteiger partial charge in [-0.2, -0.15) is 0 Å². The second kappa shape index (κ2) is 20.3. The number of aliphatic hydroxyl groups excluding tert-OH is 1. The summed E-state index contributed by atoms with van der Waals surface area (Å²) in [6, 6.07) is 0.822. The van der Waals surface area contributed by atoms with Crippen LogP contribution in [-0.4, -0.2) is 84.3 Å². The van der Waals surface area contributed by atoms with Crippen LogP contribution in [0.4, 0.5) is 4.79 Å². The topological polar surface area (TPSA) is 107 Å². The molecule has 37 heavy (non-hydrogen) atoms. The lowest BCUT2D eigenvalue weighted by Crippen LogP contribution is -2.41. The first kappa shape index (κ1) is 35.3. The molecule has 2 fully saturated rings. The van der Waals surface area contributed by atoms with Crippen LogP contribution in [0.5, 0.6) is 0 Å². The molecule has 2 saturated carbocycles. The zero-order valence-electron chi connectivity index (χ0n) is 24.7. The van der Waals surface area contributed by atoms with E-state index < -0.39 is 5.97 Å². The summed E-state index contributed by atoms with van der Waals surface area (Å²) in [7, 11) is 2.43. The van der Waals surface area contributed by atoms with Crippen molar-refractivity contribution < 1.29 is 29.3 Å². The maximum atomic E-state index is 11.7. The molecule has 2 aliphatic rings. The third kappa shape index (κ3) is 13.6. The standard InChI is InChI=1S/C14H25NO3.C14H27NO2.CH4O/c1-11(2)15(14(17)18-3)10-13-6-4-12(5-7-13)8-9-16;1-4-11(3)15(5-2)10-12-6-8-13(9-7-12)14(16)17;1-2/h9,11-13H,4-8,10H2,1-3H3;11-13H,4-10H2,1-3H3,(H,16,17);2H,1H3. The molecule has 2 aliphatic carbocycles. The van der Waals surface area contributed by atoms with Gasteiger partial charge in [0.25, 0.3) is 0 Å². The van der Waals surface area contributed by atoms with E-state index in [-0.39, 0.29) is 18.1 Å². The van der Waals surface area contributed by atoms with Crippen LogP contribution >= 0.6 is 0 Å². The van der Waals surface area contributed by atoms with E-state index in [1.165, 1.54) is 13.5 Å². The Balaban J connectivity index is 0.000000657. The Morgan fingerprint density at radius 2 is 1.38 bits per heavy atom. The van der Waals surface area contributed by atoms with Gasteiger partial charge < -0.3 is 29.5 Å². The number of aliphatic carboxylic acids is 1. The van der Waals surface area contributed by atoms with Crippen LogP contribution in [0.25, 0.3) is 0 Å². The fraction of sp³-hybridized carbons (Fsp3) is 0.897. The van der Waals surface area contributed by atoms with Crippen molar-refractivity contribution in [2.75, 3.05) is 33.9 Å². The quantitative estimate of drug-likeness (QED) is 0.343.